The van der Waals surface area contributed by atoms with E-state index in [9.17, 15) is 14.4 Å². The monoisotopic (exact) mass is 905 g/mol. The normalized spacial score (nSPS) is 11.9. The molecule has 0 saturated heterocycles. The zero-order chi connectivity index (χ0) is 46.5. The molecule has 0 heterocycles. The summed E-state index contributed by atoms with van der Waals surface area (Å²) >= 11 is 0. The number of hydrogen-bond acceptors (Lipinski definition) is 6. The lowest BCUT2D eigenvalue weighted by Gasteiger charge is -2.18. The van der Waals surface area contributed by atoms with Crippen molar-refractivity contribution in [2.45, 2.75) is 341 Å². The average Bonchev–Trinajstić information content (AvgIpc) is 3.29. The van der Waals surface area contributed by atoms with Crippen molar-refractivity contribution in [3.05, 3.63) is 0 Å². The number of esters is 3. The fraction of sp³-hybridized carbons (Fsp3) is 0.948. The molecule has 1 atom stereocenters. The van der Waals surface area contributed by atoms with Crippen molar-refractivity contribution in [3.8, 4) is 0 Å². The van der Waals surface area contributed by atoms with E-state index in [1.165, 1.54) is 238 Å². The Bertz CT molecular complexity index is 951. The molecule has 0 aromatic rings. The van der Waals surface area contributed by atoms with Crippen molar-refractivity contribution in [3.63, 3.8) is 0 Å². The molecule has 0 bridgehead atoms. The van der Waals surface area contributed by atoms with Crippen molar-refractivity contribution < 1.29 is 28.6 Å². The number of rotatable bonds is 54. The lowest BCUT2D eigenvalue weighted by molar-refractivity contribution is -0.167. The largest absolute Gasteiger partial charge is 0.462 e. The third kappa shape index (κ3) is 51.4. The van der Waals surface area contributed by atoms with E-state index in [0.29, 0.717) is 19.3 Å². The van der Waals surface area contributed by atoms with E-state index in [-0.39, 0.29) is 31.1 Å². The van der Waals surface area contributed by atoms with Crippen LogP contribution in [-0.4, -0.2) is 37.2 Å². The van der Waals surface area contributed by atoms with Crippen LogP contribution in [0.2, 0.25) is 0 Å². The molecule has 0 aromatic carbocycles. The quantitative estimate of drug-likeness (QED) is 0.0344. The summed E-state index contributed by atoms with van der Waals surface area (Å²) in [6.07, 6.45) is 59.7. The van der Waals surface area contributed by atoms with Crippen LogP contribution in [0.1, 0.15) is 335 Å². The van der Waals surface area contributed by atoms with Crippen LogP contribution in [0, 0.1) is 0 Å². The maximum Gasteiger partial charge on any atom is 0.306 e. The van der Waals surface area contributed by atoms with Gasteiger partial charge in [0.1, 0.15) is 13.2 Å². The highest BCUT2D eigenvalue weighted by molar-refractivity contribution is 5.71. The lowest BCUT2D eigenvalue weighted by atomic mass is 10.0. The van der Waals surface area contributed by atoms with Crippen LogP contribution in [0.15, 0.2) is 0 Å². The number of ether oxygens (including phenoxy) is 3. The van der Waals surface area contributed by atoms with Crippen LogP contribution >= 0.6 is 0 Å². The molecule has 380 valence electrons. The summed E-state index contributed by atoms with van der Waals surface area (Å²) in [6, 6.07) is 0. The van der Waals surface area contributed by atoms with E-state index in [1.54, 1.807) is 0 Å². The third-order valence-corrected chi connectivity index (χ3v) is 13.4. The minimum Gasteiger partial charge on any atom is -0.462 e. The second kappa shape index (κ2) is 54.0. The number of carbonyl (C=O) groups is 3. The highest BCUT2D eigenvalue weighted by atomic mass is 16.6. The molecule has 0 aliphatic rings. The zero-order valence-corrected chi connectivity index (χ0v) is 43.6. The topological polar surface area (TPSA) is 78.9 Å². The maximum atomic E-state index is 12.8. The fourth-order valence-corrected chi connectivity index (χ4v) is 8.98. The van der Waals surface area contributed by atoms with Gasteiger partial charge in [-0.3, -0.25) is 14.4 Å². The van der Waals surface area contributed by atoms with Gasteiger partial charge in [0, 0.05) is 19.3 Å². The minimum absolute atomic E-state index is 0.0616. The Balaban J connectivity index is 4.13. The number of carbonyl (C=O) groups excluding carboxylic acids is 3. The van der Waals surface area contributed by atoms with Gasteiger partial charge in [0.2, 0.25) is 0 Å². The van der Waals surface area contributed by atoms with Crippen LogP contribution in [-0.2, 0) is 28.6 Å². The first kappa shape index (κ1) is 62.4. The zero-order valence-electron chi connectivity index (χ0n) is 43.6. The highest BCUT2D eigenvalue weighted by Crippen LogP contribution is 2.18. The summed E-state index contributed by atoms with van der Waals surface area (Å²) in [7, 11) is 0. The summed E-state index contributed by atoms with van der Waals surface area (Å²) in [6.45, 7) is 6.68. The van der Waals surface area contributed by atoms with Gasteiger partial charge < -0.3 is 14.2 Å². The average molecular weight is 906 g/mol. The lowest BCUT2D eigenvalue weighted by Crippen LogP contribution is -2.30. The number of unbranched alkanes of at least 4 members (excludes halogenated alkanes) is 43. The summed E-state index contributed by atoms with van der Waals surface area (Å²) in [5, 5.41) is 0. The molecular weight excluding hydrogens is 793 g/mol. The predicted octanol–water partition coefficient (Wildman–Crippen LogP) is 19.2. The van der Waals surface area contributed by atoms with Crippen molar-refractivity contribution >= 4 is 17.9 Å². The van der Waals surface area contributed by atoms with Crippen molar-refractivity contribution in [2.75, 3.05) is 13.2 Å². The highest BCUT2D eigenvalue weighted by Gasteiger charge is 2.19. The van der Waals surface area contributed by atoms with Crippen LogP contribution < -0.4 is 0 Å². The Labute approximate surface area is 399 Å². The maximum absolute atomic E-state index is 12.8. The first-order valence-electron chi connectivity index (χ1n) is 29.0. The molecule has 6 nitrogen and oxygen atoms in total. The molecule has 0 aliphatic heterocycles. The van der Waals surface area contributed by atoms with Crippen molar-refractivity contribution in [2.24, 2.45) is 0 Å². The van der Waals surface area contributed by atoms with Gasteiger partial charge in [0.05, 0.1) is 0 Å². The van der Waals surface area contributed by atoms with E-state index in [2.05, 4.69) is 20.8 Å². The third-order valence-electron chi connectivity index (χ3n) is 13.4. The smallest absolute Gasteiger partial charge is 0.306 e. The van der Waals surface area contributed by atoms with E-state index >= 15 is 0 Å². The van der Waals surface area contributed by atoms with Gasteiger partial charge in [-0.1, -0.05) is 297 Å². The molecule has 64 heavy (non-hydrogen) atoms. The molecule has 0 fully saturated rings. The van der Waals surface area contributed by atoms with Gasteiger partial charge in [-0.25, -0.2) is 0 Å². The molecule has 6 heteroatoms. The molecule has 1 unspecified atom stereocenters. The van der Waals surface area contributed by atoms with Crippen LogP contribution in [0.5, 0.6) is 0 Å². The Morgan fingerprint density at radius 3 is 0.625 bits per heavy atom. The van der Waals surface area contributed by atoms with Crippen molar-refractivity contribution in [1.29, 1.82) is 0 Å². The predicted molar refractivity (Wildman–Crippen MR) is 275 cm³/mol. The first-order valence-corrected chi connectivity index (χ1v) is 29.0. The molecule has 0 aromatic heterocycles. The van der Waals surface area contributed by atoms with Gasteiger partial charge in [0.25, 0.3) is 0 Å². The van der Waals surface area contributed by atoms with Crippen LogP contribution in [0.4, 0.5) is 0 Å². The van der Waals surface area contributed by atoms with Crippen LogP contribution in [0.25, 0.3) is 0 Å². The number of hydrogen-bond donors (Lipinski definition) is 0. The molecule has 0 amide bonds. The Morgan fingerprint density at radius 1 is 0.250 bits per heavy atom. The molecule has 0 saturated carbocycles. The van der Waals surface area contributed by atoms with Gasteiger partial charge in [-0.05, 0) is 19.3 Å². The fourth-order valence-electron chi connectivity index (χ4n) is 8.98. The molecule has 0 spiro atoms. The van der Waals surface area contributed by atoms with E-state index in [4.69, 9.17) is 14.2 Å². The summed E-state index contributed by atoms with van der Waals surface area (Å²) < 4.78 is 16.8. The van der Waals surface area contributed by atoms with Gasteiger partial charge >= 0.3 is 17.9 Å². The van der Waals surface area contributed by atoms with E-state index < -0.39 is 6.10 Å². The Hall–Kier alpha value is -1.59. The van der Waals surface area contributed by atoms with Gasteiger partial charge in [0.15, 0.2) is 6.10 Å². The summed E-state index contributed by atoms with van der Waals surface area (Å²) in [5.74, 6) is -0.839. The standard InChI is InChI=1S/C58H112O6/c1-4-7-10-13-16-19-21-23-25-27-28-29-30-31-32-34-35-37-39-42-45-48-51-57(60)63-54-55(53-62-56(59)50-47-44-41-18-15-12-9-6-3)64-58(61)52-49-46-43-40-38-36-33-26-24-22-20-17-14-11-8-5-2/h55H,4-54H2,1-3H3. The summed E-state index contributed by atoms with van der Waals surface area (Å²) in [4.78, 5) is 38.0. The van der Waals surface area contributed by atoms with Crippen LogP contribution in [0.3, 0.4) is 0 Å². The molecular formula is C58H112O6. The Kier molecular flexibility index (Phi) is 52.7. The van der Waals surface area contributed by atoms with E-state index in [1.807, 2.05) is 0 Å². The van der Waals surface area contributed by atoms with E-state index in [0.717, 1.165) is 57.8 Å². The summed E-state index contributed by atoms with van der Waals surface area (Å²) in [5.41, 5.74) is 0. The molecule has 0 aliphatic carbocycles. The Morgan fingerprint density at radius 2 is 0.422 bits per heavy atom. The second-order valence-electron chi connectivity index (χ2n) is 19.9. The van der Waals surface area contributed by atoms with Gasteiger partial charge in [-0.2, -0.15) is 0 Å². The minimum atomic E-state index is -0.760. The molecule has 0 radical (unpaired) electrons. The molecule has 0 N–H and O–H groups in total. The molecule has 0 rings (SSSR count). The SMILES string of the molecule is CCCCCCCCCCCCCCCCCCCCCCCCC(=O)OCC(COC(=O)CCCCCCCCCC)OC(=O)CCCCCCCCCCCCCCCCCC. The second-order valence-corrected chi connectivity index (χ2v) is 19.9. The first-order chi connectivity index (χ1) is 31.5. The van der Waals surface area contributed by atoms with Gasteiger partial charge in [-0.15, -0.1) is 0 Å². The van der Waals surface area contributed by atoms with Crippen molar-refractivity contribution in [1.82, 2.24) is 0 Å².